The number of nitrogens with zero attached hydrogens (tertiary/aromatic N) is 1. The summed E-state index contributed by atoms with van der Waals surface area (Å²) in [7, 11) is 0. The van der Waals surface area contributed by atoms with Gasteiger partial charge in [0.25, 0.3) is 0 Å². The van der Waals surface area contributed by atoms with Crippen LogP contribution < -0.4 is 10.6 Å². The summed E-state index contributed by atoms with van der Waals surface area (Å²) in [6.07, 6.45) is 2.70. The molecule has 7 heteroatoms. The molecule has 0 radical (unpaired) electrons. The number of nitrogens with one attached hydrogen (secondary N) is 2. The van der Waals surface area contributed by atoms with E-state index in [-0.39, 0.29) is 19.3 Å². The maximum Gasteiger partial charge on any atom is 0.321 e. The summed E-state index contributed by atoms with van der Waals surface area (Å²) in [5, 5.41) is 13.3. The first-order valence-corrected chi connectivity index (χ1v) is 7.49. The van der Waals surface area contributed by atoms with Crippen molar-refractivity contribution in [2.75, 3.05) is 26.2 Å². The van der Waals surface area contributed by atoms with Crippen molar-refractivity contribution in [3.05, 3.63) is 0 Å². The van der Waals surface area contributed by atoms with Gasteiger partial charge in [-0.1, -0.05) is 6.92 Å². The molecule has 21 heavy (non-hydrogen) atoms. The zero-order valence-corrected chi connectivity index (χ0v) is 12.6. The minimum Gasteiger partial charge on any atom is -0.481 e. The van der Waals surface area contributed by atoms with E-state index in [0.29, 0.717) is 12.5 Å². The molecule has 1 unspecified atom stereocenters. The Balaban J connectivity index is 2.09. The number of carbonyl (C=O) groups excluding carboxylic acids is 2. The van der Waals surface area contributed by atoms with Gasteiger partial charge in [-0.25, -0.2) is 4.79 Å². The second kappa shape index (κ2) is 9.33. The van der Waals surface area contributed by atoms with Crippen LogP contribution in [0.15, 0.2) is 0 Å². The summed E-state index contributed by atoms with van der Waals surface area (Å²) >= 11 is 0. The number of carboxylic acid groups (broad SMARTS) is 1. The highest BCUT2D eigenvalue weighted by molar-refractivity contribution is 5.94. The molecule has 0 aliphatic carbocycles. The third-order valence-corrected chi connectivity index (χ3v) is 3.43. The molecule has 0 aromatic heterocycles. The molecule has 1 aliphatic rings. The van der Waals surface area contributed by atoms with Gasteiger partial charge in [0.15, 0.2) is 0 Å². The van der Waals surface area contributed by atoms with E-state index in [1.807, 2.05) is 0 Å². The van der Waals surface area contributed by atoms with Crippen molar-refractivity contribution in [3.8, 4) is 0 Å². The Bertz CT molecular complexity index is 367. The van der Waals surface area contributed by atoms with Crippen molar-refractivity contribution < 1.29 is 19.5 Å². The molecular weight excluding hydrogens is 274 g/mol. The quantitative estimate of drug-likeness (QED) is 0.616. The minimum absolute atomic E-state index is 0.0447. The summed E-state index contributed by atoms with van der Waals surface area (Å²) in [4.78, 5) is 35.6. The van der Waals surface area contributed by atoms with Crippen molar-refractivity contribution in [1.82, 2.24) is 15.5 Å². The number of carboxylic acids is 1. The van der Waals surface area contributed by atoms with Crippen molar-refractivity contribution in [1.29, 1.82) is 0 Å². The smallest absolute Gasteiger partial charge is 0.321 e. The molecular formula is C14H25N3O4. The molecule has 120 valence electrons. The zero-order valence-electron chi connectivity index (χ0n) is 12.6. The van der Waals surface area contributed by atoms with E-state index in [4.69, 9.17) is 5.11 Å². The summed E-state index contributed by atoms with van der Waals surface area (Å²) < 4.78 is 0. The average Bonchev–Trinajstić information content (AvgIpc) is 2.88. The van der Waals surface area contributed by atoms with Crippen molar-refractivity contribution in [2.45, 2.75) is 39.0 Å². The predicted octanol–water partition coefficient (Wildman–Crippen LogP) is 0.799. The summed E-state index contributed by atoms with van der Waals surface area (Å²) in [6.45, 7) is 5.78. The largest absolute Gasteiger partial charge is 0.481 e. The molecule has 1 heterocycles. The van der Waals surface area contributed by atoms with Crippen LogP contribution in [0, 0.1) is 5.92 Å². The average molecular weight is 299 g/mol. The molecule has 1 atom stereocenters. The second-order valence-corrected chi connectivity index (χ2v) is 5.62. The van der Waals surface area contributed by atoms with Crippen molar-refractivity contribution >= 4 is 17.9 Å². The van der Waals surface area contributed by atoms with E-state index >= 15 is 0 Å². The molecule has 3 N–H and O–H groups in total. The monoisotopic (exact) mass is 299 g/mol. The van der Waals surface area contributed by atoms with Gasteiger partial charge in [-0.15, -0.1) is 0 Å². The molecule has 1 aliphatic heterocycles. The lowest BCUT2D eigenvalue weighted by Gasteiger charge is -2.20. The van der Waals surface area contributed by atoms with Gasteiger partial charge in [0.2, 0.25) is 5.91 Å². The first-order chi connectivity index (χ1) is 9.97. The fraction of sp³-hybridized carbons (Fsp3) is 0.786. The number of hydrogen-bond acceptors (Lipinski definition) is 4. The molecule has 0 saturated carbocycles. The Morgan fingerprint density at radius 2 is 1.86 bits per heavy atom. The summed E-state index contributed by atoms with van der Waals surface area (Å²) in [5.74, 6) is -1.06. The molecule has 1 rings (SSSR count). The van der Waals surface area contributed by atoms with Gasteiger partial charge in [0.05, 0.1) is 0 Å². The van der Waals surface area contributed by atoms with Gasteiger partial charge in [-0.3, -0.25) is 14.9 Å². The number of imide groups is 1. The van der Waals surface area contributed by atoms with E-state index in [9.17, 15) is 14.4 Å². The SMILES string of the molecule is CC(CNC(=O)NC(=O)CCCC(=O)O)CN1CCCC1. The lowest BCUT2D eigenvalue weighted by Crippen LogP contribution is -2.42. The second-order valence-electron chi connectivity index (χ2n) is 5.62. The molecule has 1 fully saturated rings. The first kappa shape index (κ1) is 17.4. The maximum absolute atomic E-state index is 11.5. The number of amides is 3. The number of likely N-dealkylation sites (tertiary alicyclic amines) is 1. The predicted molar refractivity (Wildman–Crippen MR) is 77.9 cm³/mol. The lowest BCUT2D eigenvalue weighted by molar-refractivity contribution is -0.137. The van der Waals surface area contributed by atoms with E-state index < -0.39 is 17.9 Å². The molecule has 3 amide bonds. The van der Waals surface area contributed by atoms with Crippen LogP contribution in [0.4, 0.5) is 4.79 Å². The van der Waals surface area contributed by atoms with Crippen LogP contribution in [-0.4, -0.2) is 54.1 Å². The minimum atomic E-state index is -0.942. The first-order valence-electron chi connectivity index (χ1n) is 7.49. The molecule has 0 spiro atoms. The van der Waals surface area contributed by atoms with Gasteiger partial charge < -0.3 is 15.3 Å². The molecule has 0 aromatic rings. The fourth-order valence-corrected chi connectivity index (χ4v) is 2.37. The Hall–Kier alpha value is -1.63. The van der Waals surface area contributed by atoms with Crippen molar-refractivity contribution in [3.63, 3.8) is 0 Å². The third kappa shape index (κ3) is 8.29. The Kier molecular flexibility index (Phi) is 7.74. The van der Waals surface area contributed by atoms with Crippen LogP contribution in [-0.2, 0) is 9.59 Å². The van der Waals surface area contributed by atoms with Gasteiger partial charge >= 0.3 is 12.0 Å². The number of urea groups is 1. The van der Waals surface area contributed by atoms with Gasteiger partial charge in [-0.05, 0) is 38.3 Å². The highest BCUT2D eigenvalue weighted by Crippen LogP contribution is 2.09. The Labute approximate surface area is 125 Å². The zero-order chi connectivity index (χ0) is 15.7. The lowest BCUT2D eigenvalue weighted by atomic mass is 10.1. The van der Waals surface area contributed by atoms with Gasteiger partial charge in [0.1, 0.15) is 0 Å². The third-order valence-electron chi connectivity index (χ3n) is 3.43. The van der Waals surface area contributed by atoms with Crippen LogP contribution in [0.1, 0.15) is 39.0 Å². The Morgan fingerprint density at radius 3 is 2.48 bits per heavy atom. The van der Waals surface area contributed by atoms with E-state index in [2.05, 4.69) is 22.5 Å². The summed E-state index contributed by atoms with van der Waals surface area (Å²) in [6, 6.07) is -0.511. The fourth-order valence-electron chi connectivity index (χ4n) is 2.37. The van der Waals surface area contributed by atoms with Crippen LogP contribution in [0.2, 0.25) is 0 Å². The summed E-state index contributed by atoms with van der Waals surface area (Å²) in [5.41, 5.74) is 0. The van der Waals surface area contributed by atoms with Crippen LogP contribution in [0.25, 0.3) is 0 Å². The highest BCUT2D eigenvalue weighted by Gasteiger charge is 2.15. The number of rotatable bonds is 8. The van der Waals surface area contributed by atoms with E-state index in [1.54, 1.807) is 0 Å². The van der Waals surface area contributed by atoms with Gasteiger partial charge in [-0.2, -0.15) is 0 Å². The van der Waals surface area contributed by atoms with Crippen LogP contribution in [0.5, 0.6) is 0 Å². The highest BCUT2D eigenvalue weighted by atomic mass is 16.4. The maximum atomic E-state index is 11.5. The normalized spacial score (nSPS) is 16.4. The number of aliphatic carboxylic acids is 1. The number of carbonyl (C=O) groups is 3. The van der Waals surface area contributed by atoms with E-state index in [0.717, 1.165) is 19.6 Å². The van der Waals surface area contributed by atoms with Crippen molar-refractivity contribution in [2.24, 2.45) is 5.92 Å². The topological polar surface area (TPSA) is 98.7 Å². The van der Waals surface area contributed by atoms with Crippen LogP contribution >= 0.6 is 0 Å². The Morgan fingerprint density at radius 1 is 1.19 bits per heavy atom. The standard InChI is InChI=1S/C14H25N3O4/c1-11(10-17-7-2-3-8-17)9-15-14(21)16-12(18)5-4-6-13(19)20/h11H,2-10H2,1H3,(H,19,20)(H2,15,16,18,21). The van der Waals surface area contributed by atoms with Gasteiger partial charge in [0, 0.05) is 25.9 Å². The van der Waals surface area contributed by atoms with E-state index in [1.165, 1.54) is 12.8 Å². The number of hydrogen-bond donors (Lipinski definition) is 3. The molecule has 0 aromatic carbocycles. The molecule has 1 saturated heterocycles. The van der Waals surface area contributed by atoms with Crippen LogP contribution in [0.3, 0.4) is 0 Å². The molecule has 0 bridgehead atoms. The molecule has 7 nitrogen and oxygen atoms in total.